The van der Waals surface area contributed by atoms with Crippen LogP contribution in [0.2, 0.25) is 0 Å². The van der Waals surface area contributed by atoms with Crippen LogP contribution in [0.4, 0.5) is 0 Å². The van der Waals surface area contributed by atoms with Crippen molar-refractivity contribution in [2.75, 3.05) is 12.3 Å². The van der Waals surface area contributed by atoms with Crippen molar-refractivity contribution in [2.24, 2.45) is 5.73 Å². The van der Waals surface area contributed by atoms with E-state index in [0.29, 0.717) is 0 Å². The molecule has 0 heterocycles. The normalized spacial score (nSPS) is 13.0. The highest BCUT2D eigenvalue weighted by Crippen LogP contribution is 2.10. The molecule has 0 spiro atoms. The second kappa shape index (κ2) is 9.16. The van der Waals surface area contributed by atoms with E-state index >= 15 is 0 Å². The Kier molecular flexibility index (Phi) is 7.56. The highest BCUT2D eigenvalue weighted by molar-refractivity contribution is 7.80. The maximum absolute atomic E-state index is 12.1. The van der Waals surface area contributed by atoms with Gasteiger partial charge in [-0.3, -0.25) is 14.4 Å². The molecule has 2 atom stereocenters. The lowest BCUT2D eigenvalue weighted by atomic mass is 10.1. The number of hydrogen-bond acceptors (Lipinski definition) is 6. The summed E-state index contributed by atoms with van der Waals surface area (Å²) in [5.74, 6) is -0.951. The number of amides is 2. The van der Waals surface area contributed by atoms with Crippen LogP contribution in [0.15, 0.2) is 24.3 Å². The van der Waals surface area contributed by atoms with Crippen LogP contribution in [0.1, 0.15) is 12.5 Å². The molecule has 1 aromatic rings. The Balaban J connectivity index is 2.55. The number of ketones is 1. The molecule has 0 aliphatic rings. The summed E-state index contributed by atoms with van der Waals surface area (Å²) in [6.45, 7) is 1.25. The average Bonchev–Trinajstić information content (AvgIpc) is 2.52. The number of hydrogen-bond donors (Lipinski definition) is 5. The van der Waals surface area contributed by atoms with Crippen LogP contribution in [-0.2, 0) is 20.8 Å². The van der Waals surface area contributed by atoms with E-state index in [1.807, 2.05) is 0 Å². The molecular formula is C15H21N3O4S. The minimum Gasteiger partial charge on any atom is -0.508 e. The molecule has 0 aliphatic carbocycles. The van der Waals surface area contributed by atoms with E-state index in [1.165, 1.54) is 19.1 Å². The Morgan fingerprint density at radius 1 is 1.22 bits per heavy atom. The Morgan fingerprint density at radius 3 is 2.35 bits per heavy atom. The molecule has 1 rings (SSSR count). The SMILES string of the molecule is CC(=O)CNC(=O)[C@H](CS)NC(=O)[C@@H](N)Cc1ccc(O)cc1. The number of nitrogens with one attached hydrogen (secondary N) is 2. The number of Topliss-reactive ketones (excluding diaryl/α,β-unsaturated/α-hetero) is 1. The molecule has 0 saturated heterocycles. The lowest BCUT2D eigenvalue weighted by Gasteiger charge is -2.19. The molecule has 0 fully saturated rings. The summed E-state index contributed by atoms with van der Waals surface area (Å²) in [6.07, 6.45) is 0.264. The van der Waals surface area contributed by atoms with E-state index in [9.17, 15) is 19.5 Å². The lowest BCUT2D eigenvalue weighted by molar-refractivity contribution is -0.129. The van der Waals surface area contributed by atoms with Crippen molar-refractivity contribution in [3.63, 3.8) is 0 Å². The van der Waals surface area contributed by atoms with Crippen molar-refractivity contribution in [3.05, 3.63) is 29.8 Å². The van der Waals surface area contributed by atoms with Gasteiger partial charge < -0.3 is 21.5 Å². The van der Waals surface area contributed by atoms with Gasteiger partial charge >= 0.3 is 0 Å². The number of thiol groups is 1. The monoisotopic (exact) mass is 339 g/mol. The van der Waals surface area contributed by atoms with E-state index in [1.54, 1.807) is 12.1 Å². The third kappa shape index (κ3) is 6.70. The van der Waals surface area contributed by atoms with Crippen molar-refractivity contribution in [1.29, 1.82) is 0 Å². The minimum absolute atomic E-state index is 0.0847. The predicted molar refractivity (Wildman–Crippen MR) is 89.3 cm³/mol. The zero-order chi connectivity index (χ0) is 17.4. The maximum atomic E-state index is 12.1. The number of phenolic OH excluding ortho intramolecular Hbond substituents is 1. The minimum atomic E-state index is -0.865. The topological polar surface area (TPSA) is 122 Å². The fourth-order valence-corrected chi connectivity index (χ4v) is 2.04. The van der Waals surface area contributed by atoms with Crippen LogP contribution in [0.5, 0.6) is 5.75 Å². The summed E-state index contributed by atoms with van der Waals surface area (Å²) in [6, 6.07) is 4.63. The first-order chi connectivity index (χ1) is 10.8. The largest absolute Gasteiger partial charge is 0.508 e. The summed E-state index contributed by atoms with van der Waals surface area (Å²) in [4.78, 5) is 34.8. The highest BCUT2D eigenvalue weighted by atomic mass is 32.1. The van der Waals surface area contributed by atoms with Gasteiger partial charge in [-0.2, -0.15) is 12.6 Å². The molecular weight excluding hydrogens is 318 g/mol. The van der Waals surface area contributed by atoms with Crippen LogP contribution in [0.3, 0.4) is 0 Å². The smallest absolute Gasteiger partial charge is 0.243 e. The molecule has 0 aromatic heterocycles. The van der Waals surface area contributed by atoms with E-state index in [-0.39, 0.29) is 30.3 Å². The first-order valence-corrected chi connectivity index (χ1v) is 7.68. The van der Waals surface area contributed by atoms with E-state index in [4.69, 9.17) is 5.73 Å². The molecule has 0 unspecified atom stereocenters. The molecule has 0 radical (unpaired) electrons. The Bertz CT molecular complexity index is 562. The molecule has 126 valence electrons. The molecule has 0 saturated carbocycles. The van der Waals surface area contributed by atoms with Gasteiger partial charge in [0.2, 0.25) is 11.8 Å². The molecule has 1 aromatic carbocycles. The van der Waals surface area contributed by atoms with Gasteiger partial charge in [0.25, 0.3) is 0 Å². The third-order valence-electron chi connectivity index (χ3n) is 3.06. The van der Waals surface area contributed by atoms with Crippen molar-refractivity contribution in [2.45, 2.75) is 25.4 Å². The van der Waals surface area contributed by atoms with E-state index < -0.39 is 23.9 Å². The van der Waals surface area contributed by atoms with Crippen molar-refractivity contribution < 1.29 is 19.5 Å². The van der Waals surface area contributed by atoms with Gasteiger partial charge in [-0.1, -0.05) is 12.1 Å². The van der Waals surface area contributed by atoms with Gasteiger partial charge in [0, 0.05) is 5.75 Å². The average molecular weight is 339 g/mol. The molecule has 2 amide bonds. The number of aromatic hydroxyl groups is 1. The molecule has 8 heteroatoms. The number of carbonyl (C=O) groups is 3. The standard InChI is InChI=1S/C15H21N3O4S/c1-9(19)7-17-15(22)13(8-23)18-14(21)12(16)6-10-2-4-11(20)5-3-10/h2-5,12-13,20,23H,6-8,16H2,1H3,(H,17,22)(H,18,21)/t12-,13-/m0/s1. The molecule has 0 aliphatic heterocycles. The number of rotatable bonds is 8. The maximum Gasteiger partial charge on any atom is 0.243 e. The zero-order valence-corrected chi connectivity index (χ0v) is 13.7. The Morgan fingerprint density at radius 2 is 1.83 bits per heavy atom. The Hall–Kier alpha value is -2.06. The van der Waals surface area contributed by atoms with Gasteiger partial charge in [-0.15, -0.1) is 0 Å². The van der Waals surface area contributed by atoms with E-state index in [2.05, 4.69) is 23.3 Å². The van der Waals surface area contributed by atoms with Crippen molar-refractivity contribution in [3.8, 4) is 5.75 Å². The number of carbonyl (C=O) groups excluding carboxylic acids is 3. The lowest BCUT2D eigenvalue weighted by Crippen LogP contribution is -2.53. The van der Waals surface area contributed by atoms with Crippen molar-refractivity contribution >= 4 is 30.2 Å². The van der Waals surface area contributed by atoms with Gasteiger partial charge in [0.05, 0.1) is 12.6 Å². The van der Waals surface area contributed by atoms with Crippen LogP contribution < -0.4 is 16.4 Å². The second-order valence-electron chi connectivity index (χ2n) is 5.14. The molecule has 7 nitrogen and oxygen atoms in total. The van der Waals surface area contributed by atoms with Gasteiger partial charge in [-0.05, 0) is 31.0 Å². The van der Waals surface area contributed by atoms with Crippen LogP contribution in [0, 0.1) is 0 Å². The summed E-state index contributed by atoms with van der Waals surface area (Å²) >= 11 is 4.02. The zero-order valence-electron chi connectivity index (χ0n) is 12.8. The van der Waals surface area contributed by atoms with Crippen molar-refractivity contribution in [1.82, 2.24) is 10.6 Å². The van der Waals surface area contributed by atoms with Gasteiger partial charge in [0.15, 0.2) is 0 Å². The fourth-order valence-electron chi connectivity index (χ4n) is 1.79. The van der Waals surface area contributed by atoms with Gasteiger partial charge in [0.1, 0.15) is 17.6 Å². The second-order valence-corrected chi connectivity index (χ2v) is 5.51. The van der Waals surface area contributed by atoms with E-state index in [0.717, 1.165) is 5.56 Å². The molecule has 0 bridgehead atoms. The van der Waals surface area contributed by atoms with Crippen LogP contribution in [0.25, 0.3) is 0 Å². The van der Waals surface area contributed by atoms with Gasteiger partial charge in [-0.25, -0.2) is 0 Å². The summed E-state index contributed by atoms with van der Waals surface area (Å²) < 4.78 is 0. The number of nitrogens with two attached hydrogens (primary N) is 1. The first kappa shape index (κ1) is 19.0. The third-order valence-corrected chi connectivity index (χ3v) is 3.42. The summed E-state index contributed by atoms with van der Waals surface area (Å²) in [5, 5.41) is 14.1. The highest BCUT2D eigenvalue weighted by Gasteiger charge is 2.22. The molecule has 5 N–H and O–H groups in total. The number of benzene rings is 1. The molecule has 23 heavy (non-hydrogen) atoms. The fraction of sp³-hybridized carbons (Fsp3) is 0.400. The first-order valence-electron chi connectivity index (χ1n) is 7.05. The predicted octanol–water partition coefficient (Wildman–Crippen LogP) is -0.618. The number of phenols is 1. The van der Waals surface area contributed by atoms with Crippen LogP contribution >= 0.6 is 12.6 Å². The summed E-state index contributed by atoms with van der Waals surface area (Å²) in [7, 11) is 0. The quantitative estimate of drug-likeness (QED) is 0.404. The summed E-state index contributed by atoms with van der Waals surface area (Å²) in [5.41, 5.74) is 6.61. The Labute approximate surface area is 140 Å². The van der Waals surface area contributed by atoms with Crippen LogP contribution in [-0.4, -0.2) is 47.1 Å².